The van der Waals surface area contributed by atoms with Gasteiger partial charge in [-0.3, -0.25) is 0 Å². The lowest BCUT2D eigenvalue weighted by Gasteiger charge is -2.40. The Balaban J connectivity index is 2.25. The van der Waals surface area contributed by atoms with Gasteiger partial charge in [-0.25, -0.2) is 4.79 Å². The zero-order valence-electron chi connectivity index (χ0n) is 11.0. The van der Waals surface area contributed by atoms with Crippen molar-refractivity contribution in [3.8, 4) is 5.75 Å². The first kappa shape index (κ1) is 14.6. The lowest BCUT2D eigenvalue weighted by molar-refractivity contribution is 0.0396. The molecule has 20 heavy (non-hydrogen) atoms. The molecule has 1 unspecified atom stereocenters. The summed E-state index contributed by atoms with van der Waals surface area (Å²) in [6, 6.07) is 5.10. The number of aliphatic hydroxyl groups is 2. The summed E-state index contributed by atoms with van der Waals surface area (Å²) in [5, 5.41) is 39.7. The van der Waals surface area contributed by atoms with Gasteiger partial charge in [-0.2, -0.15) is 0 Å². The number of aryl methyl sites for hydroxylation is 1. The number of hydrogen-bond acceptors (Lipinski definition) is 4. The van der Waals surface area contributed by atoms with Crippen molar-refractivity contribution in [1.82, 2.24) is 5.32 Å². The molecule has 1 aliphatic carbocycles. The Hall–Kier alpha value is -1.79. The number of nitrogens with one attached hydrogen (secondary N) is 1. The highest BCUT2D eigenvalue weighted by molar-refractivity contribution is 5.65. The number of fused-ring (bicyclic) bond motifs is 1. The minimum absolute atomic E-state index is 0.189. The van der Waals surface area contributed by atoms with E-state index in [9.17, 15) is 20.1 Å². The number of aliphatic hydroxyl groups excluding tert-OH is 2. The van der Waals surface area contributed by atoms with Crippen LogP contribution in [0.3, 0.4) is 0 Å². The highest BCUT2D eigenvalue weighted by atomic mass is 16.4. The summed E-state index contributed by atoms with van der Waals surface area (Å²) in [6.45, 7) is -0.901. The van der Waals surface area contributed by atoms with Crippen molar-refractivity contribution < 1.29 is 25.2 Å². The topological polar surface area (TPSA) is 110 Å². The van der Waals surface area contributed by atoms with Crippen LogP contribution in [0, 0.1) is 5.92 Å². The molecule has 0 saturated carbocycles. The van der Waals surface area contributed by atoms with E-state index in [1.807, 2.05) is 0 Å². The maximum Gasteiger partial charge on any atom is 0.405 e. The summed E-state index contributed by atoms with van der Waals surface area (Å²) in [4.78, 5) is 10.9. The molecule has 5 N–H and O–H groups in total. The largest absolute Gasteiger partial charge is 0.508 e. The van der Waals surface area contributed by atoms with Gasteiger partial charge in [0, 0.05) is 0 Å². The number of phenolic OH excluding ortho intramolecular Hbond substituents is 1. The van der Waals surface area contributed by atoms with Gasteiger partial charge in [-0.05, 0) is 48.4 Å². The normalized spacial score (nSPS) is 18.4. The zero-order valence-corrected chi connectivity index (χ0v) is 11.0. The third-order valence-electron chi connectivity index (χ3n) is 4.12. The number of amides is 1. The Morgan fingerprint density at radius 1 is 1.30 bits per heavy atom. The van der Waals surface area contributed by atoms with Gasteiger partial charge >= 0.3 is 6.09 Å². The molecule has 0 aliphatic heterocycles. The van der Waals surface area contributed by atoms with Crippen LogP contribution in [0.2, 0.25) is 0 Å². The summed E-state index contributed by atoms with van der Waals surface area (Å²) >= 11 is 0. The predicted molar refractivity (Wildman–Crippen MR) is 71.7 cm³/mol. The fraction of sp³-hybridized carbons (Fsp3) is 0.500. The fourth-order valence-corrected chi connectivity index (χ4v) is 2.92. The molecule has 0 radical (unpaired) electrons. The molecule has 0 bridgehead atoms. The van der Waals surface area contributed by atoms with Crippen molar-refractivity contribution in [2.24, 2.45) is 5.92 Å². The van der Waals surface area contributed by atoms with Crippen LogP contribution in [0.15, 0.2) is 18.2 Å². The van der Waals surface area contributed by atoms with E-state index in [1.54, 1.807) is 18.2 Å². The Morgan fingerprint density at radius 3 is 2.60 bits per heavy atom. The Morgan fingerprint density at radius 2 is 2.00 bits per heavy atom. The van der Waals surface area contributed by atoms with Crippen molar-refractivity contribution in [3.05, 3.63) is 29.3 Å². The Kier molecular flexibility index (Phi) is 4.15. The van der Waals surface area contributed by atoms with Crippen LogP contribution in [0.4, 0.5) is 4.79 Å². The third kappa shape index (κ3) is 2.71. The smallest absolute Gasteiger partial charge is 0.405 e. The van der Waals surface area contributed by atoms with Crippen LogP contribution in [0.5, 0.6) is 5.75 Å². The molecule has 110 valence electrons. The number of hydrogen-bond donors (Lipinski definition) is 5. The minimum atomic E-state index is -1.26. The highest BCUT2D eigenvalue weighted by Crippen LogP contribution is 2.34. The van der Waals surface area contributed by atoms with Crippen LogP contribution in [-0.2, 0) is 12.8 Å². The van der Waals surface area contributed by atoms with E-state index in [4.69, 9.17) is 5.11 Å². The SMILES string of the molecule is O=C(O)NC(CO)(CO)C1CCc2cc(O)ccc2C1. The molecule has 0 fully saturated rings. The molecular weight excluding hydrogens is 262 g/mol. The number of rotatable bonds is 4. The second-order valence-electron chi connectivity index (χ2n) is 5.30. The van der Waals surface area contributed by atoms with Gasteiger partial charge in [-0.1, -0.05) is 6.07 Å². The molecule has 1 aromatic rings. The third-order valence-corrected chi connectivity index (χ3v) is 4.12. The van der Waals surface area contributed by atoms with Crippen molar-refractivity contribution in [2.75, 3.05) is 13.2 Å². The van der Waals surface area contributed by atoms with Crippen molar-refractivity contribution in [3.63, 3.8) is 0 Å². The monoisotopic (exact) mass is 281 g/mol. The number of benzene rings is 1. The summed E-state index contributed by atoms with van der Waals surface area (Å²) in [6.07, 6.45) is 0.608. The van der Waals surface area contributed by atoms with Gasteiger partial charge in [0.1, 0.15) is 5.75 Å². The van der Waals surface area contributed by atoms with E-state index in [0.717, 1.165) is 11.1 Å². The van der Waals surface area contributed by atoms with Crippen LogP contribution < -0.4 is 5.32 Å². The summed E-state index contributed by atoms with van der Waals surface area (Å²) in [5.41, 5.74) is 0.806. The lowest BCUT2D eigenvalue weighted by Crippen LogP contribution is -2.60. The van der Waals surface area contributed by atoms with Crippen LogP contribution in [0.25, 0.3) is 0 Å². The average Bonchev–Trinajstić information content (AvgIpc) is 2.44. The van der Waals surface area contributed by atoms with Gasteiger partial charge in [0.2, 0.25) is 0 Å². The lowest BCUT2D eigenvalue weighted by atomic mass is 9.73. The zero-order chi connectivity index (χ0) is 14.8. The van der Waals surface area contributed by atoms with Gasteiger partial charge in [0.15, 0.2) is 0 Å². The van der Waals surface area contributed by atoms with E-state index >= 15 is 0 Å². The molecule has 6 heteroatoms. The maximum absolute atomic E-state index is 10.9. The standard InChI is InChI=1S/C14H19NO5/c16-7-14(8-17,15-13(19)20)11-3-1-10-6-12(18)4-2-9(10)5-11/h2,4,6,11,15-18H,1,3,5,7-8H2,(H,19,20). The van der Waals surface area contributed by atoms with E-state index in [0.29, 0.717) is 19.3 Å². The van der Waals surface area contributed by atoms with Gasteiger partial charge in [0.25, 0.3) is 0 Å². The fourth-order valence-electron chi connectivity index (χ4n) is 2.92. The molecular formula is C14H19NO5. The number of carboxylic acid groups (broad SMARTS) is 1. The second kappa shape index (κ2) is 5.68. The number of aromatic hydroxyl groups is 1. The minimum Gasteiger partial charge on any atom is -0.508 e. The molecule has 0 aromatic heterocycles. The first-order valence-corrected chi connectivity index (χ1v) is 6.54. The molecule has 1 aromatic carbocycles. The second-order valence-corrected chi connectivity index (χ2v) is 5.30. The van der Waals surface area contributed by atoms with E-state index in [2.05, 4.69) is 5.32 Å². The number of carbonyl (C=O) groups is 1. The predicted octanol–water partition coefficient (Wildman–Crippen LogP) is 0.488. The molecule has 1 atom stereocenters. The van der Waals surface area contributed by atoms with E-state index in [1.165, 1.54) is 0 Å². The van der Waals surface area contributed by atoms with Crippen molar-refractivity contribution in [1.29, 1.82) is 0 Å². The van der Waals surface area contributed by atoms with E-state index < -0.39 is 24.8 Å². The quantitative estimate of drug-likeness (QED) is 0.551. The van der Waals surface area contributed by atoms with Gasteiger partial charge < -0.3 is 25.7 Å². The molecule has 2 rings (SSSR count). The van der Waals surface area contributed by atoms with Gasteiger partial charge in [-0.15, -0.1) is 0 Å². The molecule has 0 saturated heterocycles. The van der Waals surface area contributed by atoms with Crippen molar-refractivity contribution >= 4 is 6.09 Å². The van der Waals surface area contributed by atoms with Crippen LogP contribution in [-0.4, -0.2) is 45.3 Å². The highest BCUT2D eigenvalue weighted by Gasteiger charge is 2.41. The van der Waals surface area contributed by atoms with E-state index in [-0.39, 0.29) is 11.7 Å². The summed E-state index contributed by atoms with van der Waals surface area (Å²) in [7, 11) is 0. The first-order chi connectivity index (χ1) is 9.50. The molecule has 1 aliphatic rings. The first-order valence-electron chi connectivity index (χ1n) is 6.54. The number of phenols is 1. The van der Waals surface area contributed by atoms with Crippen molar-refractivity contribution in [2.45, 2.75) is 24.8 Å². The molecule has 1 amide bonds. The summed E-state index contributed by atoms with van der Waals surface area (Å²) in [5.74, 6) is 0.0204. The van der Waals surface area contributed by atoms with Crippen LogP contribution >= 0.6 is 0 Å². The molecule has 0 spiro atoms. The molecule has 0 heterocycles. The Bertz CT molecular complexity index is 498. The summed E-state index contributed by atoms with van der Waals surface area (Å²) < 4.78 is 0. The Labute approximate surface area is 116 Å². The van der Waals surface area contributed by atoms with Gasteiger partial charge in [0.05, 0.1) is 18.8 Å². The average molecular weight is 281 g/mol. The maximum atomic E-state index is 10.9. The van der Waals surface area contributed by atoms with Crippen LogP contribution in [0.1, 0.15) is 17.5 Å². The molecule has 6 nitrogen and oxygen atoms in total.